The molecule has 0 saturated heterocycles. The normalized spacial score (nSPS) is 10.4. The second-order valence-corrected chi connectivity index (χ2v) is 6.43. The highest BCUT2D eigenvalue weighted by atomic mass is 35.5. The van der Waals surface area contributed by atoms with Crippen molar-refractivity contribution in [1.29, 1.82) is 0 Å². The summed E-state index contributed by atoms with van der Waals surface area (Å²) in [6, 6.07) is 18.6. The van der Waals surface area contributed by atoms with Gasteiger partial charge in [-0.3, -0.25) is 4.79 Å². The van der Waals surface area contributed by atoms with Gasteiger partial charge in [0.1, 0.15) is 12.4 Å². The first-order chi connectivity index (χ1) is 13.6. The van der Waals surface area contributed by atoms with Gasteiger partial charge in [0, 0.05) is 16.7 Å². The lowest BCUT2D eigenvalue weighted by Gasteiger charge is -2.09. The van der Waals surface area contributed by atoms with Crippen LogP contribution in [0.4, 0.5) is 0 Å². The fourth-order valence-corrected chi connectivity index (χ4v) is 2.53. The van der Waals surface area contributed by atoms with Crippen molar-refractivity contribution >= 4 is 17.5 Å². The van der Waals surface area contributed by atoms with E-state index in [1.807, 2.05) is 43.3 Å². The second-order valence-electron chi connectivity index (χ2n) is 6.02. The number of aromatic nitrogens is 2. The zero-order valence-electron chi connectivity index (χ0n) is 15.4. The van der Waals surface area contributed by atoms with E-state index in [-0.39, 0.29) is 19.1 Å². The van der Waals surface area contributed by atoms with E-state index in [0.29, 0.717) is 23.2 Å². The predicted octanol–water partition coefficient (Wildman–Crippen LogP) is 3.68. The van der Waals surface area contributed by atoms with Crippen LogP contribution in [0.1, 0.15) is 5.56 Å². The van der Waals surface area contributed by atoms with E-state index in [0.717, 1.165) is 16.8 Å². The minimum atomic E-state index is -0.235. The molecule has 1 amide bonds. The standard InChI is InChI=1S/C21H20ClN3O3/c1-15-13-17(7-8-18(15)22)28-14-20(26)23-11-12-27-21-10-9-19(24-25-21)16-5-3-2-4-6-16/h2-10,13H,11-12,14H2,1H3,(H,23,26). The summed E-state index contributed by atoms with van der Waals surface area (Å²) in [4.78, 5) is 11.8. The van der Waals surface area contributed by atoms with Gasteiger partial charge >= 0.3 is 0 Å². The molecule has 0 unspecified atom stereocenters. The highest BCUT2D eigenvalue weighted by Crippen LogP contribution is 2.21. The molecule has 2 aromatic carbocycles. The SMILES string of the molecule is Cc1cc(OCC(=O)NCCOc2ccc(-c3ccccc3)nn2)ccc1Cl. The van der Waals surface area contributed by atoms with Crippen LogP contribution < -0.4 is 14.8 Å². The van der Waals surface area contributed by atoms with Crippen molar-refractivity contribution in [1.82, 2.24) is 15.5 Å². The molecule has 0 fully saturated rings. The molecule has 28 heavy (non-hydrogen) atoms. The Labute approximate surface area is 168 Å². The van der Waals surface area contributed by atoms with Crippen LogP contribution in [0.3, 0.4) is 0 Å². The van der Waals surface area contributed by atoms with Gasteiger partial charge in [-0.05, 0) is 36.8 Å². The van der Waals surface area contributed by atoms with Gasteiger partial charge in [-0.2, -0.15) is 0 Å². The number of ether oxygens (including phenoxy) is 2. The number of aryl methyl sites for hydroxylation is 1. The Balaban J connectivity index is 1.37. The first kappa shape index (κ1) is 19.6. The van der Waals surface area contributed by atoms with Gasteiger partial charge in [-0.15, -0.1) is 10.2 Å². The van der Waals surface area contributed by atoms with Gasteiger partial charge in [0.25, 0.3) is 5.91 Å². The molecule has 0 aliphatic rings. The minimum absolute atomic E-state index is 0.0767. The third-order valence-corrected chi connectivity index (χ3v) is 4.31. The van der Waals surface area contributed by atoms with Gasteiger partial charge in [0.05, 0.1) is 12.2 Å². The highest BCUT2D eigenvalue weighted by Gasteiger charge is 2.05. The van der Waals surface area contributed by atoms with Gasteiger partial charge < -0.3 is 14.8 Å². The minimum Gasteiger partial charge on any atom is -0.484 e. The quantitative estimate of drug-likeness (QED) is 0.587. The predicted molar refractivity (Wildman–Crippen MR) is 108 cm³/mol. The molecule has 1 aromatic heterocycles. The number of rotatable bonds is 8. The molecule has 7 heteroatoms. The lowest BCUT2D eigenvalue weighted by Crippen LogP contribution is -2.32. The molecule has 3 rings (SSSR count). The molecule has 0 spiro atoms. The van der Waals surface area contributed by atoms with E-state index < -0.39 is 0 Å². The maximum Gasteiger partial charge on any atom is 0.258 e. The lowest BCUT2D eigenvalue weighted by atomic mass is 10.1. The van der Waals surface area contributed by atoms with E-state index in [1.165, 1.54) is 0 Å². The van der Waals surface area contributed by atoms with Crippen LogP contribution in [0.2, 0.25) is 5.02 Å². The second kappa shape index (κ2) is 9.71. The molecular formula is C21H20ClN3O3. The number of hydrogen-bond acceptors (Lipinski definition) is 5. The number of hydrogen-bond donors (Lipinski definition) is 1. The van der Waals surface area contributed by atoms with E-state index in [4.69, 9.17) is 21.1 Å². The third kappa shape index (κ3) is 5.69. The van der Waals surface area contributed by atoms with Crippen molar-refractivity contribution < 1.29 is 14.3 Å². The molecule has 3 aromatic rings. The number of nitrogens with zero attached hydrogens (tertiary/aromatic N) is 2. The smallest absolute Gasteiger partial charge is 0.258 e. The molecule has 0 saturated carbocycles. The summed E-state index contributed by atoms with van der Waals surface area (Å²) in [6.45, 7) is 2.42. The number of carbonyl (C=O) groups is 1. The monoisotopic (exact) mass is 397 g/mol. The molecule has 0 radical (unpaired) electrons. The molecular weight excluding hydrogens is 378 g/mol. The van der Waals surface area contributed by atoms with Gasteiger partial charge in [0.2, 0.25) is 5.88 Å². The zero-order chi connectivity index (χ0) is 19.8. The van der Waals surface area contributed by atoms with E-state index >= 15 is 0 Å². The third-order valence-electron chi connectivity index (χ3n) is 3.88. The Hall–Kier alpha value is -3.12. The van der Waals surface area contributed by atoms with Crippen LogP contribution >= 0.6 is 11.6 Å². The van der Waals surface area contributed by atoms with E-state index in [1.54, 1.807) is 24.3 Å². The lowest BCUT2D eigenvalue weighted by molar-refractivity contribution is -0.123. The number of carbonyl (C=O) groups excluding carboxylic acids is 1. The largest absolute Gasteiger partial charge is 0.484 e. The summed E-state index contributed by atoms with van der Waals surface area (Å²) < 4.78 is 10.9. The van der Waals surface area contributed by atoms with Gasteiger partial charge in [-0.1, -0.05) is 41.9 Å². The molecule has 6 nitrogen and oxygen atoms in total. The highest BCUT2D eigenvalue weighted by molar-refractivity contribution is 6.31. The van der Waals surface area contributed by atoms with Crippen LogP contribution in [0, 0.1) is 6.92 Å². The molecule has 0 atom stereocenters. The molecule has 144 valence electrons. The fraction of sp³-hybridized carbons (Fsp3) is 0.190. The Kier molecular flexibility index (Phi) is 6.81. The summed E-state index contributed by atoms with van der Waals surface area (Å²) in [5, 5.41) is 11.6. The summed E-state index contributed by atoms with van der Waals surface area (Å²) in [7, 11) is 0. The number of amides is 1. The maximum atomic E-state index is 11.8. The van der Waals surface area contributed by atoms with Crippen molar-refractivity contribution in [2.24, 2.45) is 0 Å². The average molecular weight is 398 g/mol. The van der Waals surface area contributed by atoms with E-state index in [2.05, 4.69) is 15.5 Å². The zero-order valence-corrected chi connectivity index (χ0v) is 16.1. The molecule has 0 bridgehead atoms. The molecule has 1 N–H and O–H groups in total. The van der Waals surface area contributed by atoms with Crippen LogP contribution in [0.15, 0.2) is 60.7 Å². The fourth-order valence-electron chi connectivity index (χ4n) is 2.41. The first-order valence-electron chi connectivity index (χ1n) is 8.79. The Morgan fingerprint density at radius 1 is 1.04 bits per heavy atom. The van der Waals surface area contributed by atoms with Crippen molar-refractivity contribution in [2.75, 3.05) is 19.8 Å². The summed E-state index contributed by atoms with van der Waals surface area (Å²) >= 11 is 5.96. The van der Waals surface area contributed by atoms with Crippen LogP contribution in [-0.2, 0) is 4.79 Å². The number of halogens is 1. The van der Waals surface area contributed by atoms with Gasteiger partial charge in [-0.25, -0.2) is 0 Å². The van der Waals surface area contributed by atoms with Crippen LogP contribution in [0.5, 0.6) is 11.6 Å². The Morgan fingerprint density at radius 3 is 2.57 bits per heavy atom. The molecule has 1 heterocycles. The summed E-state index contributed by atoms with van der Waals surface area (Å²) in [5.74, 6) is 0.769. The Bertz CT molecular complexity index is 918. The first-order valence-corrected chi connectivity index (χ1v) is 9.17. The topological polar surface area (TPSA) is 73.3 Å². The molecule has 0 aliphatic carbocycles. The maximum absolute atomic E-state index is 11.8. The Morgan fingerprint density at radius 2 is 1.86 bits per heavy atom. The van der Waals surface area contributed by atoms with Gasteiger partial charge in [0.15, 0.2) is 6.61 Å². The van der Waals surface area contributed by atoms with Crippen molar-refractivity contribution in [3.63, 3.8) is 0 Å². The van der Waals surface area contributed by atoms with Crippen molar-refractivity contribution in [3.8, 4) is 22.9 Å². The number of nitrogens with one attached hydrogen (secondary N) is 1. The summed E-state index contributed by atoms with van der Waals surface area (Å²) in [6.07, 6.45) is 0. The van der Waals surface area contributed by atoms with Crippen LogP contribution in [-0.4, -0.2) is 35.9 Å². The van der Waals surface area contributed by atoms with Crippen LogP contribution in [0.25, 0.3) is 11.3 Å². The van der Waals surface area contributed by atoms with E-state index in [9.17, 15) is 4.79 Å². The average Bonchev–Trinajstić information content (AvgIpc) is 2.73. The van der Waals surface area contributed by atoms with Crippen molar-refractivity contribution in [2.45, 2.75) is 6.92 Å². The number of benzene rings is 2. The summed E-state index contributed by atoms with van der Waals surface area (Å²) in [5.41, 5.74) is 2.66. The molecule has 0 aliphatic heterocycles. The van der Waals surface area contributed by atoms with Crippen molar-refractivity contribution in [3.05, 3.63) is 71.2 Å².